The van der Waals surface area contributed by atoms with Gasteiger partial charge in [0.2, 0.25) is 0 Å². The van der Waals surface area contributed by atoms with Crippen LogP contribution in [0.1, 0.15) is 0 Å². The second kappa shape index (κ2) is 9.43. The zero-order chi connectivity index (χ0) is 29.9. The van der Waals surface area contributed by atoms with Crippen LogP contribution in [0.5, 0.6) is 0 Å². The van der Waals surface area contributed by atoms with Crippen LogP contribution in [0.2, 0.25) is 0 Å². The summed E-state index contributed by atoms with van der Waals surface area (Å²) in [7, 11) is -18.9. The zero-order valence-corrected chi connectivity index (χ0v) is 19.8. The fraction of sp³-hybridized carbons (Fsp3) is 0.375. The monoisotopic (exact) mass is 630 g/mol. The van der Waals surface area contributed by atoms with Crippen LogP contribution in [-0.2, 0) is 34.5 Å². The molecular weight excluding hydrogens is 622 g/mol. The van der Waals surface area contributed by atoms with Crippen LogP contribution in [0.15, 0.2) is 45.0 Å². The average molecular weight is 630 g/mol. The third-order valence-electron chi connectivity index (χ3n) is 4.63. The molecule has 0 fully saturated rings. The maximum Gasteiger partial charge on any atom is 0.384 e. The number of hydrogen-bond acceptors (Lipinski definition) is 9. The minimum absolute atomic E-state index is 0.164. The van der Waals surface area contributed by atoms with Crippen LogP contribution < -0.4 is 0 Å². The first-order valence-electron chi connectivity index (χ1n) is 8.90. The molecule has 0 heterocycles. The van der Waals surface area contributed by atoms with E-state index in [-0.39, 0.29) is 6.07 Å². The van der Waals surface area contributed by atoms with Crippen LogP contribution in [0.3, 0.4) is 0 Å². The highest BCUT2D eigenvalue weighted by atomic mass is 32.2. The second-order valence-corrected chi connectivity index (χ2v) is 11.4. The van der Waals surface area contributed by atoms with Crippen molar-refractivity contribution in [2.24, 2.45) is 0 Å². The molecule has 0 aliphatic carbocycles. The van der Waals surface area contributed by atoms with Crippen molar-refractivity contribution in [1.82, 2.24) is 0 Å². The third kappa shape index (κ3) is 5.28. The van der Waals surface area contributed by atoms with Gasteiger partial charge < -0.3 is 9.11 Å². The Morgan fingerprint density at radius 3 is 1.71 bits per heavy atom. The first kappa shape index (κ1) is 31.9. The zero-order valence-electron chi connectivity index (χ0n) is 17.3. The first-order chi connectivity index (χ1) is 16.7. The molecule has 0 radical (unpaired) electrons. The number of halogens is 10. The Hall–Kier alpha value is -2.27. The van der Waals surface area contributed by atoms with Crippen molar-refractivity contribution >= 4 is 41.1 Å². The second-order valence-electron chi connectivity index (χ2n) is 7.16. The van der Waals surface area contributed by atoms with Crippen molar-refractivity contribution in [2.45, 2.75) is 44.8 Å². The van der Waals surface area contributed by atoms with Crippen molar-refractivity contribution in [2.75, 3.05) is 6.61 Å². The highest BCUT2D eigenvalue weighted by Crippen LogP contribution is 2.54. The van der Waals surface area contributed by atoms with Crippen LogP contribution in [0.4, 0.5) is 43.9 Å². The van der Waals surface area contributed by atoms with Gasteiger partial charge in [-0.3, -0.25) is 4.18 Å². The quantitative estimate of drug-likeness (QED) is 0.219. The fourth-order valence-electron chi connectivity index (χ4n) is 2.82. The Morgan fingerprint density at radius 1 is 0.763 bits per heavy atom. The van der Waals surface area contributed by atoms with Crippen molar-refractivity contribution in [1.29, 1.82) is 0 Å². The van der Waals surface area contributed by atoms with Crippen molar-refractivity contribution < 1.29 is 82.4 Å². The Kier molecular flexibility index (Phi) is 7.93. The summed E-state index contributed by atoms with van der Waals surface area (Å²) in [5, 5.41) is -1.75. The SMILES string of the molecule is O=S(=O)([O-])c1cc2ccccc2c(S(=O)(=O)OCC(F)(F)C(F)(F)C(F)(F)C(F)(F)C(F)F)c1S(=O)(=O)[O-]. The van der Waals surface area contributed by atoms with E-state index >= 15 is 0 Å². The lowest BCUT2D eigenvalue weighted by Gasteiger charge is -2.36. The summed E-state index contributed by atoms with van der Waals surface area (Å²) in [5.41, 5.74) is 0. The van der Waals surface area contributed by atoms with E-state index in [0.717, 1.165) is 18.2 Å². The van der Waals surface area contributed by atoms with Gasteiger partial charge in [-0.2, -0.15) is 43.5 Å². The Morgan fingerprint density at radius 2 is 1.26 bits per heavy atom. The third-order valence-corrected chi connectivity index (χ3v) is 8.03. The van der Waals surface area contributed by atoms with Gasteiger partial charge in [-0.25, -0.2) is 25.6 Å². The molecule has 9 nitrogen and oxygen atoms in total. The van der Waals surface area contributed by atoms with Crippen LogP contribution in [-0.4, -0.2) is 71.1 Å². The summed E-state index contributed by atoms with van der Waals surface area (Å²) in [5.74, 6) is -28.8. The van der Waals surface area contributed by atoms with Gasteiger partial charge in [0, 0.05) is 5.39 Å². The van der Waals surface area contributed by atoms with E-state index in [9.17, 15) is 78.3 Å². The summed E-state index contributed by atoms with van der Waals surface area (Å²) in [6, 6.07) is 3.39. The van der Waals surface area contributed by atoms with Gasteiger partial charge in [-0.15, -0.1) is 0 Å². The highest BCUT2D eigenvalue weighted by molar-refractivity contribution is 7.91. The van der Waals surface area contributed by atoms with E-state index in [2.05, 4.69) is 4.18 Å². The molecule has 0 spiro atoms. The molecule has 0 N–H and O–H groups in total. The van der Waals surface area contributed by atoms with Crippen molar-refractivity contribution in [3.63, 3.8) is 0 Å². The molecule has 0 unspecified atom stereocenters. The van der Waals surface area contributed by atoms with Crippen LogP contribution >= 0.6 is 0 Å². The lowest BCUT2D eigenvalue weighted by Crippen LogP contribution is -2.65. The number of hydrogen-bond donors (Lipinski definition) is 0. The number of alkyl halides is 10. The Labute approximate surface area is 205 Å². The summed E-state index contributed by atoms with van der Waals surface area (Å²) < 4.78 is 230. The van der Waals surface area contributed by atoms with Gasteiger partial charge in [0.1, 0.15) is 31.7 Å². The largest absolute Gasteiger partial charge is 0.744 e. The molecule has 0 amide bonds. The average Bonchev–Trinajstić information content (AvgIpc) is 2.74. The number of benzene rings is 2. The van der Waals surface area contributed by atoms with Crippen molar-refractivity contribution in [3.05, 3.63) is 30.3 Å². The number of rotatable bonds is 10. The minimum atomic E-state index is -7.53. The molecule has 22 heteroatoms. The van der Waals surface area contributed by atoms with Gasteiger partial charge in [-0.05, 0) is 11.5 Å². The lowest BCUT2D eigenvalue weighted by atomic mass is 9.99. The smallest absolute Gasteiger partial charge is 0.384 e. The van der Waals surface area contributed by atoms with E-state index < -0.39 is 92.5 Å². The summed E-state index contributed by atoms with van der Waals surface area (Å²) in [6.45, 7) is -3.56. The summed E-state index contributed by atoms with van der Waals surface area (Å²) in [4.78, 5) is -6.70. The molecule has 0 bridgehead atoms. The summed E-state index contributed by atoms with van der Waals surface area (Å²) in [6.07, 6.45) is -5.61. The molecule has 2 rings (SSSR count). The Bertz CT molecular complexity index is 1570. The molecule has 2 aromatic rings. The standard InChI is InChI=1S/C16H10F10O9S3/c17-12(18)14(21,22)16(25,26)15(23,24)13(19,20)6-35-38(33,34)10-8-4-2-1-3-7(8)5-9(36(27,28)29)11(10)37(30,31)32/h1-5,12H,6H2,(H,27,28,29)(H,30,31,32)/p-2. The van der Waals surface area contributed by atoms with E-state index in [1.807, 2.05) is 0 Å². The molecule has 0 saturated carbocycles. The van der Waals surface area contributed by atoms with E-state index in [0.29, 0.717) is 6.07 Å². The maximum atomic E-state index is 13.9. The molecule has 0 aliphatic rings. The lowest BCUT2D eigenvalue weighted by molar-refractivity contribution is -0.385. The maximum absolute atomic E-state index is 13.9. The Balaban J connectivity index is 2.77. The number of fused-ring (bicyclic) bond motifs is 1. The van der Waals surface area contributed by atoms with E-state index in [1.54, 1.807) is 0 Å². The first-order valence-corrected chi connectivity index (χ1v) is 13.1. The molecule has 0 aromatic heterocycles. The summed E-state index contributed by atoms with van der Waals surface area (Å²) >= 11 is 0. The van der Waals surface area contributed by atoms with Crippen LogP contribution in [0.25, 0.3) is 10.8 Å². The van der Waals surface area contributed by atoms with Crippen molar-refractivity contribution in [3.8, 4) is 0 Å². The minimum Gasteiger partial charge on any atom is -0.744 e. The van der Waals surface area contributed by atoms with Gasteiger partial charge >= 0.3 is 30.1 Å². The van der Waals surface area contributed by atoms with Crippen LogP contribution in [0, 0.1) is 0 Å². The normalized spacial score (nSPS) is 14.9. The fourth-order valence-corrected chi connectivity index (χ4v) is 6.56. The molecule has 0 saturated heterocycles. The molecule has 0 atom stereocenters. The molecule has 216 valence electrons. The predicted molar refractivity (Wildman–Crippen MR) is 98.8 cm³/mol. The molecule has 0 aliphatic heterocycles. The van der Waals surface area contributed by atoms with Gasteiger partial charge in [0.05, 0.1) is 9.79 Å². The van der Waals surface area contributed by atoms with E-state index in [1.165, 1.54) is 0 Å². The topological polar surface area (TPSA) is 158 Å². The predicted octanol–water partition coefficient (Wildman–Crippen LogP) is 3.16. The highest BCUT2D eigenvalue weighted by Gasteiger charge is 2.83. The van der Waals surface area contributed by atoms with Gasteiger partial charge in [-0.1, -0.05) is 24.3 Å². The molecular formula is C16H8F10O9S3-2. The molecule has 2 aromatic carbocycles. The van der Waals surface area contributed by atoms with E-state index in [4.69, 9.17) is 0 Å². The molecule has 38 heavy (non-hydrogen) atoms. The van der Waals surface area contributed by atoms with Gasteiger partial charge in [0.15, 0.2) is 0 Å². The van der Waals surface area contributed by atoms with Gasteiger partial charge in [0.25, 0.3) is 10.1 Å².